The quantitative estimate of drug-likeness (QED) is 0.566. The number of benzene rings is 2. The second-order valence-corrected chi connectivity index (χ2v) is 5.76. The second-order valence-electron chi connectivity index (χ2n) is 4.90. The molecule has 0 aliphatic heterocycles. The van der Waals surface area contributed by atoms with Crippen LogP contribution in [-0.4, -0.2) is 9.49 Å². The fourth-order valence-corrected chi connectivity index (χ4v) is 3.00. The second kappa shape index (κ2) is 6.76. The monoisotopic (exact) mass is 347 g/mol. The Kier molecular flexibility index (Phi) is 4.98. The molecule has 0 aliphatic carbocycles. The summed E-state index contributed by atoms with van der Waals surface area (Å²) in [5.41, 5.74) is 3.88. The summed E-state index contributed by atoms with van der Waals surface area (Å²) in [5.74, 6) is 0. The van der Waals surface area contributed by atoms with Crippen molar-refractivity contribution in [1.82, 2.24) is 4.57 Å². The first-order chi connectivity index (χ1) is 10.6. The molecule has 0 fully saturated rings. The molecule has 0 aliphatic rings. The predicted octanol–water partition coefficient (Wildman–Crippen LogP) is 4.32. The highest BCUT2D eigenvalue weighted by molar-refractivity contribution is 7.07. The largest absolute Gasteiger partial charge is 0.286 e. The van der Waals surface area contributed by atoms with E-state index in [2.05, 4.69) is 0 Å². The number of rotatable bonds is 3. The van der Waals surface area contributed by atoms with Gasteiger partial charge in [-0.15, -0.1) is 23.7 Å². The van der Waals surface area contributed by atoms with E-state index in [9.17, 15) is 10.1 Å². The third-order valence-electron chi connectivity index (χ3n) is 3.39. The molecule has 0 unspecified atom stereocenters. The number of hydrogen-bond donors (Lipinski definition) is 1. The van der Waals surface area contributed by atoms with Crippen LogP contribution in [0.25, 0.3) is 16.9 Å². The minimum absolute atomic E-state index is 0. The van der Waals surface area contributed by atoms with Gasteiger partial charge >= 0.3 is 0 Å². The van der Waals surface area contributed by atoms with Gasteiger partial charge in [0.25, 0.3) is 5.69 Å². The number of non-ortho nitro benzene ring substituents is 1. The summed E-state index contributed by atoms with van der Waals surface area (Å²) in [4.78, 5) is 10.7. The highest BCUT2D eigenvalue weighted by atomic mass is 35.5. The van der Waals surface area contributed by atoms with Crippen LogP contribution < -0.4 is 4.80 Å². The molecule has 0 amide bonds. The van der Waals surface area contributed by atoms with Crippen molar-refractivity contribution in [3.05, 3.63) is 74.4 Å². The Morgan fingerprint density at radius 2 is 1.70 bits per heavy atom. The number of hydrogen-bond acceptors (Lipinski definition) is 4. The first-order valence-corrected chi connectivity index (χ1v) is 7.51. The summed E-state index contributed by atoms with van der Waals surface area (Å²) in [7, 11) is 0. The maximum Gasteiger partial charge on any atom is 0.269 e. The molecule has 1 N–H and O–H groups in total. The van der Waals surface area contributed by atoms with Crippen LogP contribution >= 0.6 is 23.7 Å². The van der Waals surface area contributed by atoms with Gasteiger partial charge < -0.3 is 0 Å². The normalized spacial score (nSPS) is 10.1. The Hall–Kier alpha value is -2.44. The summed E-state index contributed by atoms with van der Waals surface area (Å²) < 4.78 is 1.79. The highest BCUT2D eigenvalue weighted by Crippen LogP contribution is 2.24. The van der Waals surface area contributed by atoms with Crippen LogP contribution in [0.4, 0.5) is 5.69 Å². The topological polar surface area (TPSA) is 71.9 Å². The van der Waals surface area contributed by atoms with Crippen molar-refractivity contribution in [2.45, 2.75) is 6.92 Å². The molecule has 2 aromatic carbocycles. The molecule has 3 rings (SSSR count). The van der Waals surface area contributed by atoms with Crippen LogP contribution in [0.5, 0.6) is 0 Å². The smallest absolute Gasteiger partial charge is 0.269 e. The molecule has 0 saturated carbocycles. The van der Waals surface area contributed by atoms with E-state index in [1.807, 2.05) is 36.6 Å². The van der Waals surface area contributed by atoms with Crippen molar-refractivity contribution >= 4 is 29.4 Å². The SMILES string of the molecule is Cc1ccc(-c2csc(=N)n2-c2ccc([N+](=O)[O-])cc2)cc1.Cl. The predicted molar refractivity (Wildman–Crippen MR) is 93.6 cm³/mol. The summed E-state index contributed by atoms with van der Waals surface area (Å²) in [6.45, 7) is 2.03. The van der Waals surface area contributed by atoms with E-state index in [0.717, 1.165) is 16.9 Å². The molecule has 7 heteroatoms. The van der Waals surface area contributed by atoms with Crippen LogP contribution in [-0.2, 0) is 0 Å². The van der Waals surface area contributed by atoms with Crippen molar-refractivity contribution in [3.8, 4) is 16.9 Å². The van der Waals surface area contributed by atoms with Crippen molar-refractivity contribution in [1.29, 1.82) is 5.41 Å². The summed E-state index contributed by atoms with van der Waals surface area (Å²) in [6.07, 6.45) is 0. The summed E-state index contributed by atoms with van der Waals surface area (Å²) in [6, 6.07) is 14.3. The van der Waals surface area contributed by atoms with E-state index >= 15 is 0 Å². The van der Waals surface area contributed by atoms with Gasteiger partial charge in [0.05, 0.1) is 10.6 Å². The summed E-state index contributed by atoms with van der Waals surface area (Å²) >= 11 is 1.33. The standard InChI is InChI=1S/C16H13N3O2S.ClH/c1-11-2-4-12(5-3-11)15-10-22-16(17)18(15)13-6-8-14(9-7-13)19(20)21;/h2-10,17H,1H3;1H. The number of nitro benzene ring substituents is 1. The maximum absolute atomic E-state index is 10.7. The molecule has 5 nitrogen and oxygen atoms in total. The van der Waals surface area contributed by atoms with Gasteiger partial charge in [0.15, 0.2) is 4.80 Å². The fraction of sp³-hybridized carbons (Fsp3) is 0.0625. The zero-order valence-electron chi connectivity index (χ0n) is 12.2. The van der Waals surface area contributed by atoms with Crippen LogP contribution in [0.2, 0.25) is 0 Å². The molecule has 23 heavy (non-hydrogen) atoms. The van der Waals surface area contributed by atoms with E-state index < -0.39 is 4.92 Å². The van der Waals surface area contributed by atoms with Gasteiger partial charge in [-0.25, -0.2) is 0 Å². The zero-order chi connectivity index (χ0) is 15.7. The van der Waals surface area contributed by atoms with E-state index in [4.69, 9.17) is 5.41 Å². The number of aromatic nitrogens is 1. The minimum Gasteiger partial charge on any atom is -0.286 e. The molecular weight excluding hydrogens is 334 g/mol. The summed E-state index contributed by atoms with van der Waals surface area (Å²) in [5, 5.41) is 20.8. The molecular formula is C16H14ClN3O2S. The third-order valence-corrected chi connectivity index (χ3v) is 4.14. The molecule has 0 saturated heterocycles. The molecule has 0 radical (unpaired) electrons. The van der Waals surface area contributed by atoms with Crippen LogP contribution in [0.1, 0.15) is 5.56 Å². The van der Waals surface area contributed by atoms with Crippen LogP contribution in [0.15, 0.2) is 53.9 Å². The molecule has 0 bridgehead atoms. The number of aryl methyl sites for hydroxylation is 1. The van der Waals surface area contributed by atoms with E-state index in [0.29, 0.717) is 4.80 Å². The van der Waals surface area contributed by atoms with Gasteiger partial charge in [-0.05, 0) is 24.6 Å². The lowest BCUT2D eigenvalue weighted by atomic mass is 10.1. The molecule has 1 heterocycles. The number of nitrogens with zero attached hydrogens (tertiary/aromatic N) is 2. The lowest BCUT2D eigenvalue weighted by Gasteiger charge is -2.09. The Morgan fingerprint density at radius 1 is 1.09 bits per heavy atom. The van der Waals surface area contributed by atoms with E-state index in [1.54, 1.807) is 16.7 Å². The highest BCUT2D eigenvalue weighted by Gasteiger charge is 2.11. The Labute approximate surface area is 142 Å². The van der Waals surface area contributed by atoms with E-state index in [1.165, 1.54) is 29.0 Å². The van der Waals surface area contributed by atoms with Crippen molar-refractivity contribution in [2.75, 3.05) is 0 Å². The van der Waals surface area contributed by atoms with Crippen molar-refractivity contribution in [2.24, 2.45) is 0 Å². The molecule has 1 aromatic heterocycles. The lowest BCUT2D eigenvalue weighted by Crippen LogP contribution is -2.12. The maximum atomic E-state index is 10.7. The van der Waals surface area contributed by atoms with Crippen molar-refractivity contribution in [3.63, 3.8) is 0 Å². The first kappa shape index (κ1) is 16.9. The lowest BCUT2D eigenvalue weighted by molar-refractivity contribution is -0.384. The Morgan fingerprint density at radius 3 is 2.26 bits per heavy atom. The van der Waals surface area contributed by atoms with Gasteiger partial charge in [0.2, 0.25) is 0 Å². The third kappa shape index (κ3) is 3.33. The van der Waals surface area contributed by atoms with Gasteiger partial charge in [0.1, 0.15) is 0 Å². The van der Waals surface area contributed by atoms with Gasteiger partial charge in [-0.2, -0.15) is 0 Å². The van der Waals surface area contributed by atoms with Crippen LogP contribution in [0, 0.1) is 22.4 Å². The fourth-order valence-electron chi connectivity index (χ4n) is 2.23. The number of thiazole rings is 1. The van der Waals surface area contributed by atoms with Gasteiger partial charge in [-0.3, -0.25) is 20.1 Å². The molecule has 0 atom stereocenters. The number of nitrogens with one attached hydrogen (secondary N) is 1. The first-order valence-electron chi connectivity index (χ1n) is 6.63. The van der Waals surface area contributed by atoms with Crippen LogP contribution in [0.3, 0.4) is 0 Å². The molecule has 3 aromatic rings. The number of halogens is 1. The minimum atomic E-state index is -0.426. The van der Waals surface area contributed by atoms with Gasteiger partial charge in [-0.1, -0.05) is 29.8 Å². The zero-order valence-corrected chi connectivity index (χ0v) is 13.9. The van der Waals surface area contributed by atoms with Crippen molar-refractivity contribution < 1.29 is 4.92 Å². The Balaban J connectivity index is 0.00000192. The average molecular weight is 348 g/mol. The Bertz CT molecular complexity index is 883. The van der Waals surface area contributed by atoms with E-state index in [-0.39, 0.29) is 18.1 Å². The average Bonchev–Trinajstić information content (AvgIpc) is 2.90. The molecule has 118 valence electrons. The molecule has 0 spiro atoms. The van der Waals surface area contributed by atoms with Gasteiger partial charge in [0, 0.05) is 23.2 Å². The number of nitro groups is 1.